The summed E-state index contributed by atoms with van der Waals surface area (Å²) in [7, 11) is -2.22. The molecule has 2 aromatic rings. The van der Waals surface area contributed by atoms with Gasteiger partial charge >= 0.3 is 0 Å². The number of hydrogen-bond donors (Lipinski definition) is 1. The Morgan fingerprint density at radius 1 is 1.24 bits per heavy atom. The van der Waals surface area contributed by atoms with Crippen molar-refractivity contribution in [3.63, 3.8) is 0 Å². The minimum absolute atomic E-state index is 0.150. The van der Waals surface area contributed by atoms with Gasteiger partial charge in [-0.25, -0.2) is 8.42 Å². The fourth-order valence-electron chi connectivity index (χ4n) is 1.77. The maximum Gasteiger partial charge on any atom is 0.265 e. The molecule has 0 radical (unpaired) electrons. The summed E-state index contributed by atoms with van der Waals surface area (Å²) in [5.74, 6) is 5.47. The number of sulfonamides is 1. The van der Waals surface area contributed by atoms with E-state index in [4.69, 9.17) is 5.73 Å². The van der Waals surface area contributed by atoms with Crippen molar-refractivity contribution in [1.29, 1.82) is 0 Å². The summed E-state index contributed by atoms with van der Waals surface area (Å²) in [4.78, 5) is 4.08. The lowest BCUT2D eigenvalue weighted by molar-refractivity contribution is 0.594. The molecular formula is C15H15N3O2S. The lowest BCUT2D eigenvalue weighted by atomic mass is 10.2. The van der Waals surface area contributed by atoms with Crippen LogP contribution in [0, 0.1) is 11.8 Å². The molecule has 6 heteroatoms. The van der Waals surface area contributed by atoms with Crippen LogP contribution in [0.3, 0.4) is 0 Å². The van der Waals surface area contributed by atoms with E-state index in [0.29, 0.717) is 11.3 Å². The van der Waals surface area contributed by atoms with Crippen LogP contribution in [0.4, 0.5) is 5.69 Å². The number of pyridine rings is 1. The summed E-state index contributed by atoms with van der Waals surface area (Å²) in [5.41, 5.74) is 6.26. The highest BCUT2D eigenvalue weighted by atomic mass is 32.2. The fourth-order valence-corrected chi connectivity index (χ4v) is 3.10. The lowest BCUT2D eigenvalue weighted by Crippen LogP contribution is -2.27. The van der Waals surface area contributed by atoms with Gasteiger partial charge < -0.3 is 5.73 Å². The predicted octanol–water partition coefficient (Wildman–Crippen LogP) is 1.22. The van der Waals surface area contributed by atoms with Crippen LogP contribution in [-0.4, -0.2) is 27.0 Å². The van der Waals surface area contributed by atoms with E-state index in [0.717, 1.165) is 0 Å². The molecule has 0 spiro atoms. The second-order valence-electron chi connectivity index (χ2n) is 4.19. The van der Waals surface area contributed by atoms with Crippen molar-refractivity contribution in [3.8, 4) is 11.8 Å². The standard InChI is InChI=1S/C15H15N3O2S/c1-18(14-8-5-11-17-12-14)21(19,20)15-9-3-2-6-13(15)7-4-10-16/h2-3,5-6,8-9,11-12H,10,16H2,1H3. The first-order chi connectivity index (χ1) is 10.1. The van der Waals surface area contributed by atoms with Crippen molar-refractivity contribution in [2.24, 2.45) is 5.73 Å². The van der Waals surface area contributed by atoms with Crippen molar-refractivity contribution in [3.05, 3.63) is 54.4 Å². The van der Waals surface area contributed by atoms with E-state index in [1.807, 2.05) is 0 Å². The van der Waals surface area contributed by atoms with Crippen molar-refractivity contribution in [2.75, 3.05) is 17.9 Å². The molecule has 0 saturated carbocycles. The Bertz CT molecular complexity index is 777. The van der Waals surface area contributed by atoms with Crippen LogP contribution in [0.15, 0.2) is 53.7 Å². The third-order valence-electron chi connectivity index (χ3n) is 2.86. The maximum absolute atomic E-state index is 12.7. The maximum atomic E-state index is 12.7. The molecule has 2 rings (SSSR count). The Hall–Kier alpha value is -2.36. The quantitative estimate of drug-likeness (QED) is 0.865. The molecule has 0 aliphatic carbocycles. The molecule has 1 aromatic heterocycles. The summed E-state index contributed by atoms with van der Waals surface area (Å²) in [6.07, 6.45) is 3.08. The van der Waals surface area contributed by atoms with Crippen LogP contribution in [0.1, 0.15) is 5.56 Å². The van der Waals surface area contributed by atoms with Crippen LogP contribution >= 0.6 is 0 Å². The monoisotopic (exact) mass is 301 g/mol. The molecule has 0 saturated heterocycles. The highest BCUT2D eigenvalue weighted by molar-refractivity contribution is 7.92. The highest BCUT2D eigenvalue weighted by Gasteiger charge is 2.23. The summed E-state index contributed by atoms with van der Waals surface area (Å²) >= 11 is 0. The van der Waals surface area contributed by atoms with E-state index in [2.05, 4.69) is 16.8 Å². The van der Waals surface area contributed by atoms with Crippen LogP contribution in [-0.2, 0) is 10.0 Å². The zero-order valence-electron chi connectivity index (χ0n) is 11.5. The number of nitrogens with two attached hydrogens (primary N) is 1. The largest absolute Gasteiger partial charge is 0.320 e. The van der Waals surface area contributed by atoms with E-state index in [9.17, 15) is 8.42 Å². The minimum Gasteiger partial charge on any atom is -0.320 e. The van der Waals surface area contributed by atoms with E-state index in [1.54, 1.807) is 36.5 Å². The van der Waals surface area contributed by atoms with Gasteiger partial charge in [-0.1, -0.05) is 24.0 Å². The molecule has 0 aliphatic heterocycles. The fraction of sp³-hybridized carbons (Fsp3) is 0.133. The average Bonchev–Trinajstić information content (AvgIpc) is 2.53. The van der Waals surface area contributed by atoms with E-state index >= 15 is 0 Å². The first kappa shape index (κ1) is 15.0. The zero-order valence-corrected chi connectivity index (χ0v) is 12.3. The average molecular weight is 301 g/mol. The Balaban J connectivity index is 2.50. The van der Waals surface area contributed by atoms with Crippen LogP contribution in [0.5, 0.6) is 0 Å². The third-order valence-corrected chi connectivity index (χ3v) is 4.70. The van der Waals surface area contributed by atoms with Gasteiger partial charge in [-0.3, -0.25) is 9.29 Å². The Kier molecular flexibility index (Phi) is 4.58. The molecule has 1 aromatic carbocycles. The van der Waals surface area contributed by atoms with E-state index in [-0.39, 0.29) is 11.4 Å². The van der Waals surface area contributed by atoms with E-state index in [1.165, 1.54) is 23.6 Å². The molecule has 0 atom stereocenters. The van der Waals surface area contributed by atoms with Gasteiger partial charge in [0, 0.05) is 18.8 Å². The number of aromatic nitrogens is 1. The molecule has 5 nitrogen and oxygen atoms in total. The van der Waals surface area contributed by atoms with Crippen molar-refractivity contribution in [2.45, 2.75) is 4.90 Å². The summed E-state index contributed by atoms with van der Waals surface area (Å²) < 4.78 is 26.6. The van der Waals surface area contributed by atoms with Gasteiger partial charge in [-0.2, -0.15) is 0 Å². The Morgan fingerprint density at radius 3 is 2.67 bits per heavy atom. The van der Waals surface area contributed by atoms with Crippen molar-refractivity contribution >= 4 is 15.7 Å². The summed E-state index contributed by atoms with van der Waals surface area (Å²) in [6.45, 7) is 0.173. The summed E-state index contributed by atoms with van der Waals surface area (Å²) in [6, 6.07) is 9.96. The number of hydrogen-bond acceptors (Lipinski definition) is 4. The van der Waals surface area contributed by atoms with Gasteiger partial charge in [-0.15, -0.1) is 0 Å². The SMILES string of the molecule is CN(c1cccnc1)S(=O)(=O)c1ccccc1C#CCN. The molecule has 1 heterocycles. The smallest absolute Gasteiger partial charge is 0.265 e. The van der Waals surface area contributed by atoms with Gasteiger partial charge in [0.15, 0.2) is 0 Å². The minimum atomic E-state index is -3.70. The molecule has 0 fully saturated rings. The highest BCUT2D eigenvalue weighted by Crippen LogP contribution is 2.23. The number of benzene rings is 1. The first-order valence-corrected chi connectivity index (χ1v) is 7.68. The molecule has 108 valence electrons. The van der Waals surface area contributed by atoms with Crippen LogP contribution < -0.4 is 10.0 Å². The second-order valence-corrected chi connectivity index (χ2v) is 6.12. The first-order valence-electron chi connectivity index (χ1n) is 6.24. The van der Waals surface area contributed by atoms with Crippen LogP contribution in [0.2, 0.25) is 0 Å². The normalized spacial score (nSPS) is 10.6. The summed E-state index contributed by atoms with van der Waals surface area (Å²) in [5, 5.41) is 0. The van der Waals surface area contributed by atoms with E-state index < -0.39 is 10.0 Å². The number of anilines is 1. The van der Waals surface area contributed by atoms with Gasteiger partial charge in [0.2, 0.25) is 0 Å². The van der Waals surface area contributed by atoms with Gasteiger partial charge in [0.05, 0.1) is 18.4 Å². The van der Waals surface area contributed by atoms with Crippen molar-refractivity contribution < 1.29 is 8.42 Å². The number of nitrogens with zero attached hydrogens (tertiary/aromatic N) is 2. The van der Waals surface area contributed by atoms with Gasteiger partial charge in [0.25, 0.3) is 10.0 Å². The van der Waals surface area contributed by atoms with Gasteiger partial charge in [-0.05, 0) is 24.3 Å². The molecular weight excluding hydrogens is 286 g/mol. The lowest BCUT2D eigenvalue weighted by Gasteiger charge is -2.19. The Labute approximate surface area is 124 Å². The van der Waals surface area contributed by atoms with Gasteiger partial charge in [0.1, 0.15) is 4.90 Å². The number of rotatable bonds is 3. The molecule has 21 heavy (non-hydrogen) atoms. The third kappa shape index (κ3) is 3.21. The topological polar surface area (TPSA) is 76.3 Å². The predicted molar refractivity (Wildman–Crippen MR) is 82.2 cm³/mol. The van der Waals surface area contributed by atoms with Crippen LogP contribution in [0.25, 0.3) is 0 Å². The zero-order chi connectivity index (χ0) is 15.3. The molecule has 2 N–H and O–H groups in total. The molecule has 0 amide bonds. The molecule has 0 unspecified atom stereocenters. The van der Waals surface area contributed by atoms with Crippen molar-refractivity contribution in [1.82, 2.24) is 4.98 Å². The molecule has 0 bridgehead atoms. The molecule has 0 aliphatic rings. The second kappa shape index (κ2) is 6.39. The Morgan fingerprint density at radius 2 is 2.00 bits per heavy atom.